The van der Waals surface area contributed by atoms with Crippen LogP contribution in [0, 0.1) is 6.92 Å². The molecule has 0 saturated carbocycles. The molecule has 0 fully saturated rings. The Kier molecular flexibility index (Phi) is 5.62. The van der Waals surface area contributed by atoms with Crippen LogP contribution in [0.3, 0.4) is 0 Å². The monoisotopic (exact) mass is 528 g/mol. The van der Waals surface area contributed by atoms with Gasteiger partial charge in [-0.1, -0.05) is 24.8 Å². The molecule has 0 unspecified atom stereocenters. The third kappa shape index (κ3) is 3.83. The van der Waals surface area contributed by atoms with E-state index < -0.39 is 0 Å². The molecule has 8 heteroatoms. The number of hydrogen-bond acceptors (Lipinski definition) is 6. The van der Waals surface area contributed by atoms with Gasteiger partial charge in [0.15, 0.2) is 0 Å². The first-order valence-corrected chi connectivity index (χ1v) is 13.4. The molecule has 5 aromatic rings. The summed E-state index contributed by atoms with van der Waals surface area (Å²) in [5.74, 6) is 2.03. The second kappa shape index (κ2) is 9.34. The Labute approximate surface area is 232 Å². The van der Waals surface area contributed by atoms with Crippen LogP contribution in [-0.2, 0) is 24.8 Å². The number of fused-ring (bicyclic) bond motifs is 3. The maximum Gasteiger partial charge on any atom is 0.250 e. The first-order chi connectivity index (χ1) is 19.5. The molecule has 5 heterocycles. The molecule has 2 aliphatic rings. The van der Waals surface area contributed by atoms with Crippen molar-refractivity contribution in [1.29, 1.82) is 0 Å². The zero-order valence-corrected chi connectivity index (χ0v) is 22.4. The van der Waals surface area contributed by atoms with E-state index in [0.29, 0.717) is 19.0 Å². The average molecular weight is 529 g/mol. The molecule has 0 spiro atoms. The summed E-state index contributed by atoms with van der Waals surface area (Å²) in [6.45, 7) is 6.94. The molecule has 1 N–H and O–H groups in total. The molecule has 2 aliphatic heterocycles. The summed E-state index contributed by atoms with van der Waals surface area (Å²) < 4.78 is 8.27. The van der Waals surface area contributed by atoms with E-state index in [9.17, 15) is 4.79 Å². The van der Waals surface area contributed by atoms with Crippen molar-refractivity contribution in [2.45, 2.75) is 26.3 Å². The van der Waals surface area contributed by atoms with Crippen LogP contribution in [0.4, 0.5) is 11.5 Å². The molecule has 0 bridgehead atoms. The Morgan fingerprint density at radius 1 is 1.10 bits per heavy atom. The summed E-state index contributed by atoms with van der Waals surface area (Å²) in [6, 6.07) is 18.3. The summed E-state index contributed by atoms with van der Waals surface area (Å²) in [5.41, 5.74) is 9.30. The molecule has 198 valence electrons. The third-order valence-corrected chi connectivity index (χ3v) is 7.76. The molecule has 2 aromatic carbocycles. The predicted molar refractivity (Wildman–Crippen MR) is 157 cm³/mol. The Bertz CT molecular complexity index is 1840. The van der Waals surface area contributed by atoms with Crippen molar-refractivity contribution < 1.29 is 9.53 Å². The standard InChI is InChI=1S/C32H28N6O2/c1-4-27(39)38-14-6-8-20-15-21(10-13-25(20)38)30-28-24-12-11-23(40-26-9-5-7-19(2)36-26)16-22(24)17-33-31-29(28)32(37(30)3)35-18-34-31/h4-5,7,9-13,15-16,18H,1,6,8,14,17H2,2-3H3,(H,33,34,35). The summed E-state index contributed by atoms with van der Waals surface area (Å²) in [7, 11) is 2.05. The van der Waals surface area contributed by atoms with Gasteiger partial charge in [0.05, 0.1) is 11.1 Å². The maximum atomic E-state index is 12.5. The topological polar surface area (TPSA) is 85.2 Å². The number of benzene rings is 2. The van der Waals surface area contributed by atoms with E-state index in [1.807, 2.05) is 43.1 Å². The fourth-order valence-corrected chi connectivity index (χ4v) is 5.97. The van der Waals surface area contributed by atoms with Gasteiger partial charge in [0, 0.05) is 43.1 Å². The Balaban J connectivity index is 1.39. The van der Waals surface area contributed by atoms with Gasteiger partial charge in [0.2, 0.25) is 11.8 Å². The van der Waals surface area contributed by atoms with Crippen LogP contribution >= 0.6 is 0 Å². The molecule has 7 rings (SSSR count). The van der Waals surface area contributed by atoms with Crippen molar-refractivity contribution in [3.05, 3.63) is 90.4 Å². The van der Waals surface area contributed by atoms with E-state index in [4.69, 9.17) is 4.74 Å². The largest absolute Gasteiger partial charge is 0.439 e. The van der Waals surface area contributed by atoms with Gasteiger partial charge >= 0.3 is 0 Å². The van der Waals surface area contributed by atoms with E-state index in [1.54, 1.807) is 6.33 Å². The fraction of sp³-hybridized carbons (Fsp3) is 0.188. The number of pyridine rings is 1. The zero-order chi connectivity index (χ0) is 27.4. The van der Waals surface area contributed by atoms with Crippen molar-refractivity contribution in [2.75, 3.05) is 16.8 Å². The average Bonchev–Trinajstić information content (AvgIpc) is 3.17. The Morgan fingerprint density at radius 3 is 2.85 bits per heavy atom. The van der Waals surface area contributed by atoms with Crippen LogP contribution in [0.1, 0.15) is 23.2 Å². The number of anilines is 2. The summed E-state index contributed by atoms with van der Waals surface area (Å²) >= 11 is 0. The Hall–Kier alpha value is -4.98. The van der Waals surface area contributed by atoms with E-state index in [2.05, 4.69) is 61.7 Å². The van der Waals surface area contributed by atoms with Crippen LogP contribution in [0.25, 0.3) is 33.4 Å². The number of aromatic nitrogens is 4. The molecule has 0 radical (unpaired) electrons. The highest BCUT2D eigenvalue weighted by Crippen LogP contribution is 2.46. The lowest BCUT2D eigenvalue weighted by Gasteiger charge is -2.29. The van der Waals surface area contributed by atoms with Crippen molar-refractivity contribution in [1.82, 2.24) is 19.5 Å². The Morgan fingerprint density at radius 2 is 2.00 bits per heavy atom. The molecule has 3 aromatic heterocycles. The van der Waals surface area contributed by atoms with E-state index in [1.165, 1.54) is 6.08 Å². The number of carbonyl (C=O) groups is 1. The summed E-state index contributed by atoms with van der Waals surface area (Å²) in [4.78, 5) is 28.1. The van der Waals surface area contributed by atoms with Gasteiger partial charge in [0.25, 0.3) is 0 Å². The highest BCUT2D eigenvalue weighted by atomic mass is 16.5. The molecule has 40 heavy (non-hydrogen) atoms. The zero-order valence-electron chi connectivity index (χ0n) is 22.4. The minimum Gasteiger partial charge on any atom is -0.439 e. The molecule has 1 amide bonds. The van der Waals surface area contributed by atoms with E-state index >= 15 is 0 Å². The van der Waals surface area contributed by atoms with Crippen molar-refractivity contribution in [3.63, 3.8) is 0 Å². The van der Waals surface area contributed by atoms with Gasteiger partial charge in [-0.3, -0.25) is 4.79 Å². The third-order valence-electron chi connectivity index (χ3n) is 7.76. The number of hydrogen-bond donors (Lipinski definition) is 1. The van der Waals surface area contributed by atoms with E-state index in [-0.39, 0.29) is 5.91 Å². The molecule has 8 nitrogen and oxygen atoms in total. The number of amides is 1. The number of aryl methyl sites for hydroxylation is 3. The lowest BCUT2D eigenvalue weighted by atomic mass is 9.93. The molecular weight excluding hydrogens is 500 g/mol. The van der Waals surface area contributed by atoms with Gasteiger partial charge in [0.1, 0.15) is 23.5 Å². The molecular formula is C32H28N6O2. The molecule has 0 aliphatic carbocycles. The van der Waals surface area contributed by atoms with Gasteiger partial charge < -0.3 is 19.5 Å². The minimum absolute atomic E-state index is 0.0660. The van der Waals surface area contributed by atoms with Gasteiger partial charge in [-0.15, -0.1) is 0 Å². The van der Waals surface area contributed by atoms with Crippen LogP contribution in [-0.4, -0.2) is 32.0 Å². The smallest absolute Gasteiger partial charge is 0.250 e. The predicted octanol–water partition coefficient (Wildman–Crippen LogP) is 6.19. The highest BCUT2D eigenvalue weighted by Gasteiger charge is 2.28. The molecule has 0 saturated heterocycles. The maximum absolute atomic E-state index is 12.5. The summed E-state index contributed by atoms with van der Waals surface area (Å²) in [6.07, 6.45) is 4.83. The SMILES string of the molecule is C=CC(=O)N1CCCc2cc(-c3c4c5c(ncnc5n3C)NCc3cc(Oc5cccc(C)n5)ccc3-4)ccc21. The van der Waals surface area contributed by atoms with Crippen molar-refractivity contribution in [2.24, 2.45) is 7.05 Å². The van der Waals surface area contributed by atoms with Crippen molar-refractivity contribution in [3.8, 4) is 34.0 Å². The van der Waals surface area contributed by atoms with Crippen LogP contribution in [0.15, 0.2) is 73.6 Å². The quantitative estimate of drug-likeness (QED) is 0.280. The van der Waals surface area contributed by atoms with E-state index in [0.717, 1.165) is 80.3 Å². The number of nitrogens with zero attached hydrogens (tertiary/aromatic N) is 5. The fourth-order valence-electron chi connectivity index (χ4n) is 5.97. The second-order valence-electron chi connectivity index (χ2n) is 10.2. The van der Waals surface area contributed by atoms with Gasteiger partial charge in [-0.25, -0.2) is 15.0 Å². The second-order valence-corrected chi connectivity index (χ2v) is 10.2. The van der Waals surface area contributed by atoms with Crippen LogP contribution in [0.5, 0.6) is 11.6 Å². The normalized spacial score (nSPS) is 13.7. The van der Waals surface area contributed by atoms with Crippen LogP contribution < -0.4 is 15.0 Å². The first-order valence-electron chi connectivity index (χ1n) is 13.4. The lowest BCUT2D eigenvalue weighted by molar-refractivity contribution is -0.114. The van der Waals surface area contributed by atoms with Gasteiger partial charge in [-0.2, -0.15) is 0 Å². The minimum atomic E-state index is -0.0660. The number of ether oxygens (including phenoxy) is 1. The lowest BCUT2D eigenvalue weighted by Crippen LogP contribution is -2.34. The highest BCUT2D eigenvalue weighted by molar-refractivity contribution is 6.10. The first kappa shape index (κ1) is 24.1. The van der Waals surface area contributed by atoms with Gasteiger partial charge in [-0.05, 0) is 78.4 Å². The molecule has 0 atom stereocenters. The number of carbonyl (C=O) groups excluding carboxylic acids is 1. The van der Waals surface area contributed by atoms with Crippen LogP contribution in [0.2, 0.25) is 0 Å². The van der Waals surface area contributed by atoms with Crippen molar-refractivity contribution >= 4 is 28.4 Å². The number of rotatable bonds is 4. The number of nitrogens with one attached hydrogen (secondary N) is 1. The summed E-state index contributed by atoms with van der Waals surface area (Å²) in [5, 5.41) is 4.52.